The van der Waals surface area contributed by atoms with Gasteiger partial charge in [-0.3, -0.25) is 4.79 Å². The summed E-state index contributed by atoms with van der Waals surface area (Å²) in [5.41, 5.74) is 2.22. The number of nitrogens with one attached hydrogen (secondary N) is 2. The van der Waals surface area contributed by atoms with Gasteiger partial charge in [-0.2, -0.15) is 0 Å². The molecule has 1 amide bonds. The summed E-state index contributed by atoms with van der Waals surface area (Å²) < 4.78 is 27.0. The molecule has 1 aliphatic heterocycles. The number of hydrogen-bond acceptors (Lipinski definition) is 3. The van der Waals surface area contributed by atoms with Crippen molar-refractivity contribution >= 4 is 21.6 Å². The summed E-state index contributed by atoms with van der Waals surface area (Å²) in [5, 5.41) is 2.87. The van der Waals surface area contributed by atoms with Gasteiger partial charge in [-0.1, -0.05) is 30.3 Å². The molecule has 0 spiro atoms. The zero-order valence-electron chi connectivity index (χ0n) is 13.7. The van der Waals surface area contributed by atoms with E-state index >= 15 is 0 Å². The molecule has 1 heterocycles. The van der Waals surface area contributed by atoms with E-state index in [9.17, 15) is 13.2 Å². The Morgan fingerprint density at radius 2 is 1.79 bits per heavy atom. The number of sulfonamides is 1. The summed E-state index contributed by atoms with van der Waals surface area (Å²) in [5.74, 6) is -0.0144. The van der Waals surface area contributed by atoms with Crippen molar-refractivity contribution in [3.63, 3.8) is 0 Å². The first-order chi connectivity index (χ1) is 11.3. The zero-order valence-corrected chi connectivity index (χ0v) is 14.5. The van der Waals surface area contributed by atoms with Crippen LogP contribution in [0, 0.1) is 0 Å². The summed E-state index contributed by atoms with van der Waals surface area (Å²) in [6, 6.07) is 14.1. The lowest BCUT2D eigenvalue weighted by molar-refractivity contribution is -0.119. The van der Waals surface area contributed by atoms with Crippen LogP contribution in [0.5, 0.6) is 0 Å². The highest BCUT2D eigenvalue weighted by Crippen LogP contribution is 2.37. The highest BCUT2D eigenvalue weighted by molar-refractivity contribution is 7.89. The maximum atomic E-state index is 12.2. The minimum absolute atomic E-state index is 0.0144. The molecule has 0 aliphatic carbocycles. The smallest absolute Gasteiger partial charge is 0.240 e. The summed E-state index contributed by atoms with van der Waals surface area (Å²) >= 11 is 0. The topological polar surface area (TPSA) is 75.3 Å². The lowest BCUT2D eigenvalue weighted by Gasteiger charge is -2.16. The Kier molecular flexibility index (Phi) is 4.19. The fourth-order valence-electron chi connectivity index (χ4n) is 2.79. The number of fused-ring (bicyclic) bond motifs is 1. The molecule has 3 rings (SSSR count). The van der Waals surface area contributed by atoms with Gasteiger partial charge < -0.3 is 5.32 Å². The third-order valence-electron chi connectivity index (χ3n) is 4.33. The van der Waals surface area contributed by atoms with Crippen molar-refractivity contribution in [3.05, 3.63) is 59.7 Å². The van der Waals surface area contributed by atoms with Gasteiger partial charge in [0.1, 0.15) is 0 Å². The van der Waals surface area contributed by atoms with Gasteiger partial charge in [-0.25, -0.2) is 13.1 Å². The number of rotatable bonds is 5. The first-order valence-corrected chi connectivity index (χ1v) is 9.28. The lowest BCUT2D eigenvalue weighted by Crippen LogP contribution is -2.27. The number of benzene rings is 2. The van der Waals surface area contributed by atoms with E-state index in [0.29, 0.717) is 13.0 Å². The van der Waals surface area contributed by atoms with Gasteiger partial charge in [0, 0.05) is 12.2 Å². The third-order valence-corrected chi connectivity index (χ3v) is 5.81. The second kappa shape index (κ2) is 6.03. The quantitative estimate of drug-likeness (QED) is 0.875. The van der Waals surface area contributed by atoms with Crippen LogP contribution in [0.15, 0.2) is 53.4 Å². The van der Waals surface area contributed by atoms with E-state index in [4.69, 9.17) is 0 Å². The summed E-state index contributed by atoms with van der Waals surface area (Å²) in [7, 11) is -3.49. The molecule has 0 radical (unpaired) electrons. The molecule has 2 N–H and O–H groups in total. The second-order valence-corrected chi connectivity index (χ2v) is 8.19. The molecule has 0 atom stereocenters. The van der Waals surface area contributed by atoms with Crippen LogP contribution >= 0.6 is 0 Å². The highest BCUT2D eigenvalue weighted by Gasteiger charge is 2.38. The van der Waals surface area contributed by atoms with E-state index in [1.807, 2.05) is 32.0 Å². The van der Waals surface area contributed by atoms with E-state index in [2.05, 4.69) is 10.0 Å². The molecule has 0 bridgehead atoms. The van der Waals surface area contributed by atoms with Crippen LogP contribution in [0.25, 0.3) is 0 Å². The Morgan fingerprint density at radius 3 is 2.50 bits per heavy atom. The van der Waals surface area contributed by atoms with E-state index in [-0.39, 0.29) is 10.8 Å². The highest BCUT2D eigenvalue weighted by atomic mass is 32.2. The van der Waals surface area contributed by atoms with E-state index < -0.39 is 15.4 Å². The Balaban J connectivity index is 1.69. The molecule has 1 aliphatic rings. The standard InChI is InChI=1S/C18H20N2O3S/c1-18(2)15-12-13(8-9-16(15)20-17(18)21)10-11-19-24(22,23)14-6-4-3-5-7-14/h3-9,12,19H,10-11H2,1-2H3,(H,20,21). The molecule has 2 aromatic rings. The van der Waals surface area contributed by atoms with Gasteiger partial charge in [0.25, 0.3) is 0 Å². The van der Waals surface area contributed by atoms with Gasteiger partial charge in [0.2, 0.25) is 15.9 Å². The first kappa shape index (κ1) is 16.7. The zero-order chi connectivity index (χ0) is 17.4. The van der Waals surface area contributed by atoms with Gasteiger partial charge in [0.05, 0.1) is 10.3 Å². The van der Waals surface area contributed by atoms with Crippen molar-refractivity contribution in [2.75, 3.05) is 11.9 Å². The molecular weight excluding hydrogens is 324 g/mol. The Morgan fingerprint density at radius 1 is 1.08 bits per heavy atom. The van der Waals surface area contributed by atoms with Gasteiger partial charge in [-0.15, -0.1) is 0 Å². The van der Waals surface area contributed by atoms with Crippen LogP contribution in [-0.4, -0.2) is 20.9 Å². The Labute approximate surface area is 142 Å². The average molecular weight is 344 g/mol. The van der Waals surface area contributed by atoms with Gasteiger partial charge >= 0.3 is 0 Å². The van der Waals surface area contributed by atoms with E-state index in [0.717, 1.165) is 16.8 Å². The average Bonchev–Trinajstić information content (AvgIpc) is 2.78. The Bertz CT molecular complexity index is 874. The van der Waals surface area contributed by atoms with E-state index in [1.54, 1.807) is 30.3 Å². The molecule has 0 saturated carbocycles. The fraction of sp³-hybridized carbons (Fsp3) is 0.278. The van der Waals surface area contributed by atoms with Gasteiger partial charge in [0.15, 0.2) is 0 Å². The number of carbonyl (C=O) groups is 1. The third kappa shape index (κ3) is 3.07. The van der Waals surface area contributed by atoms with Crippen molar-refractivity contribution in [3.8, 4) is 0 Å². The Hall–Kier alpha value is -2.18. The molecule has 0 fully saturated rings. The van der Waals surface area contributed by atoms with Crippen molar-refractivity contribution in [2.45, 2.75) is 30.6 Å². The molecule has 0 aromatic heterocycles. The molecule has 24 heavy (non-hydrogen) atoms. The summed E-state index contributed by atoms with van der Waals surface area (Å²) in [4.78, 5) is 12.2. The predicted octanol–water partition coefficient (Wildman–Crippen LogP) is 2.44. The normalized spacial score (nSPS) is 15.8. The summed E-state index contributed by atoms with van der Waals surface area (Å²) in [6.07, 6.45) is 0.559. The molecule has 0 saturated heterocycles. The lowest BCUT2D eigenvalue weighted by atomic mass is 9.85. The minimum atomic E-state index is -3.49. The molecule has 0 unspecified atom stereocenters. The predicted molar refractivity (Wildman–Crippen MR) is 93.4 cm³/mol. The van der Waals surface area contributed by atoms with Crippen LogP contribution in [0.4, 0.5) is 5.69 Å². The van der Waals surface area contributed by atoms with Crippen molar-refractivity contribution in [1.82, 2.24) is 4.72 Å². The molecule has 5 nitrogen and oxygen atoms in total. The molecule has 2 aromatic carbocycles. The second-order valence-electron chi connectivity index (χ2n) is 6.42. The van der Waals surface area contributed by atoms with Crippen LogP contribution in [0.3, 0.4) is 0 Å². The number of carbonyl (C=O) groups excluding carboxylic acids is 1. The summed E-state index contributed by atoms with van der Waals surface area (Å²) in [6.45, 7) is 4.07. The van der Waals surface area contributed by atoms with Crippen molar-refractivity contribution < 1.29 is 13.2 Å². The number of hydrogen-bond donors (Lipinski definition) is 2. The van der Waals surface area contributed by atoms with Crippen LogP contribution < -0.4 is 10.0 Å². The number of amides is 1. The molecule has 6 heteroatoms. The van der Waals surface area contributed by atoms with Crippen LogP contribution in [0.2, 0.25) is 0 Å². The minimum Gasteiger partial charge on any atom is -0.325 e. The monoisotopic (exact) mass is 344 g/mol. The van der Waals surface area contributed by atoms with Crippen LogP contribution in [0.1, 0.15) is 25.0 Å². The van der Waals surface area contributed by atoms with Crippen molar-refractivity contribution in [1.29, 1.82) is 0 Å². The maximum Gasteiger partial charge on any atom is 0.240 e. The largest absolute Gasteiger partial charge is 0.325 e. The SMILES string of the molecule is CC1(C)C(=O)Nc2ccc(CCNS(=O)(=O)c3ccccc3)cc21. The maximum absolute atomic E-state index is 12.2. The van der Waals surface area contributed by atoms with E-state index in [1.165, 1.54) is 0 Å². The molecule has 126 valence electrons. The van der Waals surface area contributed by atoms with Crippen LogP contribution in [-0.2, 0) is 26.7 Å². The first-order valence-electron chi connectivity index (χ1n) is 7.80. The van der Waals surface area contributed by atoms with Crippen molar-refractivity contribution in [2.24, 2.45) is 0 Å². The molecular formula is C18H20N2O3S. The number of anilines is 1. The van der Waals surface area contributed by atoms with Gasteiger partial charge in [-0.05, 0) is 49.6 Å². The fourth-order valence-corrected chi connectivity index (χ4v) is 3.84.